The normalized spacial score (nSPS) is 41.6. The van der Waals surface area contributed by atoms with E-state index in [-0.39, 0.29) is 35.1 Å². The highest BCUT2D eigenvalue weighted by atomic mass is 16.5. The molecular weight excluding hydrogens is 388 g/mol. The van der Waals surface area contributed by atoms with Crippen molar-refractivity contribution in [3.8, 4) is 0 Å². The van der Waals surface area contributed by atoms with Crippen LogP contribution in [0.4, 0.5) is 0 Å². The highest BCUT2D eigenvalue weighted by Crippen LogP contribution is 2.67. The summed E-state index contributed by atoms with van der Waals surface area (Å²) in [7, 11) is 0. The Hall–Kier alpha value is -1.45. The first-order chi connectivity index (χ1) is 14.7. The van der Waals surface area contributed by atoms with Crippen LogP contribution in [0, 0.1) is 40.4 Å². The number of ketones is 2. The summed E-state index contributed by atoms with van der Waals surface area (Å²) < 4.78 is 5.33. The molecule has 0 N–H and O–H groups in total. The number of carbonyl (C=O) groups is 3. The molecular formula is C27H40O4. The second kappa shape index (κ2) is 8.48. The number of allylic oxidation sites excluding steroid dienone is 1. The molecule has 31 heavy (non-hydrogen) atoms. The van der Waals surface area contributed by atoms with E-state index in [1.54, 1.807) is 0 Å². The van der Waals surface area contributed by atoms with Crippen LogP contribution in [0.5, 0.6) is 0 Å². The third-order valence-electron chi connectivity index (χ3n) is 10.0. The highest BCUT2D eigenvalue weighted by Gasteiger charge is 2.61. The lowest BCUT2D eigenvalue weighted by atomic mass is 9.45. The molecule has 4 rings (SSSR count). The summed E-state index contributed by atoms with van der Waals surface area (Å²) in [6.45, 7) is 9.03. The van der Waals surface area contributed by atoms with E-state index in [9.17, 15) is 14.4 Å². The monoisotopic (exact) mass is 428 g/mol. The lowest BCUT2D eigenvalue weighted by Crippen LogP contribution is -2.53. The van der Waals surface area contributed by atoms with Crippen molar-refractivity contribution in [1.82, 2.24) is 0 Å². The molecule has 0 aromatic heterocycles. The minimum Gasteiger partial charge on any atom is -0.458 e. The number of carbonyl (C=O) groups excluding carboxylic acids is 3. The predicted octanol–water partition coefficient (Wildman–Crippen LogP) is 5.68. The van der Waals surface area contributed by atoms with Crippen molar-refractivity contribution in [2.24, 2.45) is 40.4 Å². The summed E-state index contributed by atoms with van der Waals surface area (Å²) >= 11 is 0. The first kappa shape index (κ1) is 22.7. The average Bonchev–Trinajstić information content (AvgIpc) is 3.09. The molecule has 0 aromatic rings. The lowest BCUT2D eigenvalue weighted by Gasteiger charge is -2.59. The van der Waals surface area contributed by atoms with Gasteiger partial charge in [-0.1, -0.05) is 39.7 Å². The summed E-state index contributed by atoms with van der Waals surface area (Å²) in [5.41, 5.74) is 1.56. The molecule has 0 aliphatic heterocycles. The predicted molar refractivity (Wildman–Crippen MR) is 120 cm³/mol. The molecule has 1 unspecified atom stereocenters. The molecule has 3 saturated carbocycles. The Kier molecular flexibility index (Phi) is 6.22. The molecule has 4 heteroatoms. The Balaban J connectivity index is 1.48. The molecule has 0 aromatic carbocycles. The topological polar surface area (TPSA) is 60.4 Å². The van der Waals surface area contributed by atoms with Gasteiger partial charge in [0.15, 0.2) is 11.6 Å². The van der Waals surface area contributed by atoms with Crippen LogP contribution >= 0.6 is 0 Å². The Morgan fingerprint density at radius 1 is 1.13 bits per heavy atom. The van der Waals surface area contributed by atoms with Gasteiger partial charge in [0.25, 0.3) is 0 Å². The van der Waals surface area contributed by atoms with Crippen LogP contribution in [0.15, 0.2) is 11.6 Å². The summed E-state index contributed by atoms with van der Waals surface area (Å²) in [5, 5.41) is 0. The molecule has 0 spiro atoms. The molecule has 4 aliphatic carbocycles. The third kappa shape index (κ3) is 3.72. The van der Waals surface area contributed by atoms with Gasteiger partial charge in [-0.05, 0) is 85.5 Å². The van der Waals surface area contributed by atoms with Gasteiger partial charge in [0.05, 0.1) is 0 Å². The number of hydrogen-bond donors (Lipinski definition) is 0. The second-order valence-electron chi connectivity index (χ2n) is 11.3. The van der Waals surface area contributed by atoms with E-state index in [2.05, 4.69) is 20.8 Å². The van der Waals surface area contributed by atoms with Crippen molar-refractivity contribution >= 4 is 17.5 Å². The molecule has 4 aliphatic rings. The van der Waals surface area contributed by atoms with E-state index in [1.807, 2.05) is 13.0 Å². The SMILES string of the molecule is CCCCC(=O)OCC(=O)[C@H]1CC[C@H]2[C@@H]3CCC4=CC(=O)CC(C)[C@]4(C)[C@H]3CC[C@]12C. The fourth-order valence-corrected chi connectivity index (χ4v) is 8.12. The number of unbranched alkanes of at least 4 members (excludes halogenated alkanes) is 1. The van der Waals surface area contributed by atoms with Crippen molar-refractivity contribution in [3.05, 3.63) is 11.6 Å². The van der Waals surface area contributed by atoms with Crippen LogP contribution in [0.3, 0.4) is 0 Å². The van der Waals surface area contributed by atoms with Crippen LogP contribution in [-0.4, -0.2) is 24.1 Å². The van der Waals surface area contributed by atoms with Crippen LogP contribution in [0.1, 0.15) is 91.9 Å². The molecule has 4 nitrogen and oxygen atoms in total. The standard InChI is InChI=1S/C27H40O4/c1-5-6-7-25(30)31-16-24(29)23-11-10-21-20-9-8-18-15-19(28)14-17(2)27(18,4)22(20)12-13-26(21,23)3/h15,17,20-23H,5-14,16H2,1-4H3/t17?,20-,21-,22-,23+,26-,27-/m0/s1. The average molecular weight is 429 g/mol. The third-order valence-corrected chi connectivity index (χ3v) is 10.0. The quantitative estimate of drug-likeness (QED) is 0.510. The van der Waals surface area contributed by atoms with Crippen LogP contribution in [-0.2, 0) is 19.1 Å². The number of esters is 1. The van der Waals surface area contributed by atoms with Gasteiger partial charge in [-0.15, -0.1) is 0 Å². The maximum absolute atomic E-state index is 13.1. The van der Waals surface area contributed by atoms with E-state index in [0.717, 1.165) is 51.4 Å². The summed E-state index contributed by atoms with van der Waals surface area (Å²) in [6, 6.07) is 0. The maximum atomic E-state index is 13.1. The Bertz CT molecular complexity index is 782. The number of ether oxygens (including phenoxy) is 1. The maximum Gasteiger partial charge on any atom is 0.306 e. The van der Waals surface area contributed by atoms with E-state index in [4.69, 9.17) is 4.74 Å². The van der Waals surface area contributed by atoms with Crippen LogP contribution < -0.4 is 0 Å². The molecule has 0 heterocycles. The molecule has 0 saturated heterocycles. The number of Topliss-reactive ketones (excluding diaryl/α,β-unsaturated/α-hetero) is 1. The number of hydrogen-bond acceptors (Lipinski definition) is 4. The van der Waals surface area contributed by atoms with Gasteiger partial charge in [-0.25, -0.2) is 0 Å². The first-order valence-electron chi connectivity index (χ1n) is 12.6. The van der Waals surface area contributed by atoms with Gasteiger partial charge in [-0.3, -0.25) is 14.4 Å². The van der Waals surface area contributed by atoms with Gasteiger partial charge in [0.1, 0.15) is 6.61 Å². The summed E-state index contributed by atoms with van der Waals surface area (Å²) in [5.74, 6) is 2.45. The van der Waals surface area contributed by atoms with E-state index in [1.165, 1.54) is 5.57 Å². The van der Waals surface area contributed by atoms with Crippen molar-refractivity contribution < 1.29 is 19.1 Å². The van der Waals surface area contributed by atoms with E-state index < -0.39 is 0 Å². The van der Waals surface area contributed by atoms with E-state index >= 15 is 0 Å². The van der Waals surface area contributed by atoms with Crippen molar-refractivity contribution in [3.63, 3.8) is 0 Å². The smallest absolute Gasteiger partial charge is 0.306 e. The lowest BCUT2D eigenvalue weighted by molar-refractivity contribution is -0.151. The zero-order valence-corrected chi connectivity index (χ0v) is 19.9. The molecule has 3 fully saturated rings. The van der Waals surface area contributed by atoms with Gasteiger partial charge < -0.3 is 4.74 Å². The summed E-state index contributed by atoms with van der Waals surface area (Å²) in [6.07, 6.45) is 11.3. The van der Waals surface area contributed by atoms with Crippen LogP contribution in [0.2, 0.25) is 0 Å². The van der Waals surface area contributed by atoms with Crippen molar-refractivity contribution in [1.29, 1.82) is 0 Å². The number of rotatable bonds is 6. The molecule has 0 bridgehead atoms. The largest absolute Gasteiger partial charge is 0.458 e. The van der Waals surface area contributed by atoms with Crippen molar-refractivity contribution in [2.75, 3.05) is 6.61 Å². The zero-order chi connectivity index (χ0) is 22.4. The summed E-state index contributed by atoms with van der Waals surface area (Å²) in [4.78, 5) is 37.2. The highest BCUT2D eigenvalue weighted by molar-refractivity contribution is 5.92. The second-order valence-corrected chi connectivity index (χ2v) is 11.3. The Morgan fingerprint density at radius 3 is 2.65 bits per heavy atom. The van der Waals surface area contributed by atoms with Gasteiger partial charge in [0.2, 0.25) is 0 Å². The van der Waals surface area contributed by atoms with Crippen molar-refractivity contribution in [2.45, 2.75) is 91.9 Å². The Labute approximate surface area is 187 Å². The molecule has 0 amide bonds. The fourth-order valence-electron chi connectivity index (χ4n) is 8.12. The fraction of sp³-hybridized carbons (Fsp3) is 0.815. The van der Waals surface area contributed by atoms with E-state index in [0.29, 0.717) is 42.3 Å². The molecule has 7 atom stereocenters. The minimum absolute atomic E-state index is 0.0209. The number of fused-ring (bicyclic) bond motifs is 5. The zero-order valence-electron chi connectivity index (χ0n) is 19.9. The molecule has 0 radical (unpaired) electrons. The van der Waals surface area contributed by atoms with Gasteiger partial charge >= 0.3 is 5.97 Å². The van der Waals surface area contributed by atoms with Crippen LogP contribution in [0.25, 0.3) is 0 Å². The minimum atomic E-state index is -0.237. The Morgan fingerprint density at radius 2 is 1.90 bits per heavy atom. The van der Waals surface area contributed by atoms with Gasteiger partial charge in [-0.2, -0.15) is 0 Å². The molecule has 172 valence electrons. The first-order valence-corrected chi connectivity index (χ1v) is 12.6. The van der Waals surface area contributed by atoms with Gasteiger partial charge in [0, 0.05) is 18.8 Å².